The molecule has 2 unspecified atom stereocenters. The van der Waals surface area contributed by atoms with Crippen molar-refractivity contribution in [1.82, 2.24) is 4.90 Å². The van der Waals surface area contributed by atoms with Crippen molar-refractivity contribution in [2.75, 3.05) is 30.3 Å². The van der Waals surface area contributed by atoms with Crippen LogP contribution in [0.15, 0.2) is 24.3 Å². The maximum Gasteiger partial charge on any atom is 0.238 e. The van der Waals surface area contributed by atoms with Crippen LogP contribution in [0.25, 0.3) is 0 Å². The third kappa shape index (κ3) is 7.73. The number of nitrogens with two attached hydrogens (primary N) is 1. The molecular formula is C22H36Cl2N4O2. The second kappa shape index (κ2) is 12.5. The molecule has 1 aromatic carbocycles. The van der Waals surface area contributed by atoms with Crippen molar-refractivity contribution < 1.29 is 9.59 Å². The second-order valence-electron chi connectivity index (χ2n) is 8.61. The molecule has 1 saturated heterocycles. The van der Waals surface area contributed by atoms with Gasteiger partial charge < -0.3 is 16.4 Å². The smallest absolute Gasteiger partial charge is 0.238 e. The monoisotopic (exact) mass is 458 g/mol. The Hall–Kier alpha value is -1.34. The molecule has 0 spiro atoms. The van der Waals surface area contributed by atoms with E-state index in [-0.39, 0.29) is 42.5 Å². The fourth-order valence-corrected chi connectivity index (χ4v) is 4.35. The predicted molar refractivity (Wildman–Crippen MR) is 128 cm³/mol. The van der Waals surface area contributed by atoms with Crippen molar-refractivity contribution in [3.63, 3.8) is 0 Å². The first-order chi connectivity index (χ1) is 13.4. The first-order valence-corrected chi connectivity index (χ1v) is 10.7. The van der Waals surface area contributed by atoms with Gasteiger partial charge in [0.25, 0.3) is 0 Å². The van der Waals surface area contributed by atoms with Gasteiger partial charge in [0.15, 0.2) is 0 Å². The van der Waals surface area contributed by atoms with E-state index in [1.807, 2.05) is 31.2 Å². The summed E-state index contributed by atoms with van der Waals surface area (Å²) in [6.07, 6.45) is 8.71. The Kier molecular flexibility index (Phi) is 11.1. The molecule has 2 fully saturated rings. The number of carbonyl (C=O) groups excluding carboxylic acids is 2. The number of hydrogen-bond acceptors (Lipinski definition) is 4. The number of carbonyl (C=O) groups is 2. The standard InChI is InChI=1S/C22H34N4O2.2ClH/c1-22(23)13-5-4-8-19(22)21(28)25-18-11-9-17(10-12-18)24-20(27)16-26-14-6-2-3-7-15-26;;/h9-12,19H,2-8,13-16,23H2,1H3,(H,24,27)(H,25,28);2*1H. The summed E-state index contributed by atoms with van der Waals surface area (Å²) in [5.41, 5.74) is 7.37. The van der Waals surface area contributed by atoms with E-state index >= 15 is 0 Å². The first-order valence-electron chi connectivity index (χ1n) is 10.7. The van der Waals surface area contributed by atoms with E-state index in [2.05, 4.69) is 15.5 Å². The Balaban J connectivity index is 0.00000225. The van der Waals surface area contributed by atoms with Gasteiger partial charge >= 0.3 is 0 Å². The highest BCUT2D eigenvalue weighted by Gasteiger charge is 2.37. The lowest BCUT2D eigenvalue weighted by Gasteiger charge is -2.37. The highest BCUT2D eigenvalue weighted by molar-refractivity contribution is 5.95. The molecule has 0 bridgehead atoms. The Morgan fingerprint density at radius 2 is 1.53 bits per heavy atom. The number of likely N-dealkylation sites (tertiary alicyclic amines) is 1. The zero-order chi connectivity index (χ0) is 20.0. The summed E-state index contributed by atoms with van der Waals surface area (Å²) in [6, 6.07) is 7.32. The lowest BCUT2D eigenvalue weighted by atomic mass is 9.74. The Morgan fingerprint density at radius 1 is 0.967 bits per heavy atom. The fraction of sp³-hybridized carbons (Fsp3) is 0.636. The fourth-order valence-electron chi connectivity index (χ4n) is 4.35. The van der Waals surface area contributed by atoms with Gasteiger partial charge in [-0.05, 0) is 70.0 Å². The number of anilines is 2. The van der Waals surface area contributed by atoms with Gasteiger partial charge in [0.1, 0.15) is 0 Å². The van der Waals surface area contributed by atoms with Gasteiger partial charge in [0.2, 0.25) is 11.8 Å². The van der Waals surface area contributed by atoms with E-state index in [0.29, 0.717) is 6.54 Å². The Bertz CT molecular complexity index is 674. The molecule has 0 aromatic heterocycles. The minimum absolute atomic E-state index is 0. The number of hydrogen-bond donors (Lipinski definition) is 3. The third-order valence-corrected chi connectivity index (χ3v) is 6.07. The quantitative estimate of drug-likeness (QED) is 0.616. The van der Waals surface area contributed by atoms with Crippen LogP contribution in [0.3, 0.4) is 0 Å². The highest BCUT2D eigenvalue weighted by atomic mass is 35.5. The van der Waals surface area contributed by atoms with E-state index in [0.717, 1.165) is 50.1 Å². The van der Waals surface area contributed by atoms with Crippen LogP contribution in [0.4, 0.5) is 11.4 Å². The van der Waals surface area contributed by atoms with E-state index in [1.165, 1.54) is 25.7 Å². The maximum atomic E-state index is 12.6. The van der Waals surface area contributed by atoms with Gasteiger partial charge in [-0.1, -0.05) is 25.7 Å². The molecule has 1 aliphatic carbocycles. The largest absolute Gasteiger partial charge is 0.326 e. The topological polar surface area (TPSA) is 87.5 Å². The zero-order valence-corrected chi connectivity index (χ0v) is 19.5. The van der Waals surface area contributed by atoms with Crippen LogP contribution < -0.4 is 16.4 Å². The van der Waals surface area contributed by atoms with E-state index in [1.54, 1.807) is 0 Å². The molecule has 8 heteroatoms. The molecule has 2 amide bonds. The summed E-state index contributed by atoms with van der Waals surface area (Å²) in [7, 11) is 0. The van der Waals surface area contributed by atoms with Crippen molar-refractivity contribution in [3.8, 4) is 0 Å². The molecule has 0 radical (unpaired) electrons. The first kappa shape index (κ1) is 26.7. The van der Waals surface area contributed by atoms with Crippen LogP contribution in [-0.4, -0.2) is 41.9 Å². The van der Waals surface area contributed by atoms with E-state index < -0.39 is 5.54 Å². The minimum atomic E-state index is -0.441. The maximum absolute atomic E-state index is 12.6. The van der Waals surface area contributed by atoms with E-state index in [9.17, 15) is 9.59 Å². The predicted octanol–water partition coefficient (Wildman–Crippen LogP) is 4.19. The summed E-state index contributed by atoms with van der Waals surface area (Å²) < 4.78 is 0. The van der Waals surface area contributed by atoms with Crippen LogP contribution >= 0.6 is 24.8 Å². The molecule has 30 heavy (non-hydrogen) atoms. The third-order valence-electron chi connectivity index (χ3n) is 6.07. The van der Waals surface area contributed by atoms with Crippen LogP contribution in [0.5, 0.6) is 0 Å². The number of amides is 2. The van der Waals surface area contributed by atoms with Crippen LogP contribution in [0.2, 0.25) is 0 Å². The minimum Gasteiger partial charge on any atom is -0.326 e. The summed E-state index contributed by atoms with van der Waals surface area (Å²) in [6.45, 7) is 4.41. The number of rotatable bonds is 5. The van der Waals surface area contributed by atoms with Gasteiger partial charge in [-0.2, -0.15) is 0 Å². The van der Waals surface area contributed by atoms with Crippen LogP contribution in [0.1, 0.15) is 58.3 Å². The average Bonchev–Trinajstić information content (AvgIpc) is 2.91. The summed E-state index contributed by atoms with van der Waals surface area (Å²) in [5.74, 6) is -0.156. The molecule has 4 N–H and O–H groups in total. The van der Waals surface area contributed by atoms with Crippen LogP contribution in [0, 0.1) is 5.92 Å². The summed E-state index contributed by atoms with van der Waals surface area (Å²) >= 11 is 0. The number of nitrogens with zero attached hydrogens (tertiary/aromatic N) is 1. The molecule has 3 rings (SSSR count). The van der Waals surface area contributed by atoms with Crippen LogP contribution in [-0.2, 0) is 9.59 Å². The van der Waals surface area contributed by atoms with Crippen molar-refractivity contribution >= 4 is 48.0 Å². The van der Waals surface area contributed by atoms with Crippen molar-refractivity contribution in [3.05, 3.63) is 24.3 Å². The van der Waals surface area contributed by atoms with Gasteiger partial charge in [-0.3, -0.25) is 14.5 Å². The number of benzene rings is 1. The SMILES string of the molecule is CC1(N)CCCCC1C(=O)Nc1ccc(NC(=O)CN2CCCCCC2)cc1.Cl.Cl. The average molecular weight is 459 g/mol. The molecule has 1 saturated carbocycles. The van der Waals surface area contributed by atoms with Gasteiger partial charge in [-0.25, -0.2) is 0 Å². The molecule has 1 heterocycles. The van der Waals surface area contributed by atoms with E-state index in [4.69, 9.17) is 5.73 Å². The molecule has 2 aliphatic rings. The molecule has 2 atom stereocenters. The van der Waals surface area contributed by atoms with Crippen molar-refractivity contribution in [2.24, 2.45) is 11.7 Å². The van der Waals surface area contributed by atoms with Gasteiger partial charge in [-0.15, -0.1) is 24.8 Å². The molecular weight excluding hydrogens is 423 g/mol. The van der Waals surface area contributed by atoms with Crippen molar-refractivity contribution in [1.29, 1.82) is 0 Å². The Morgan fingerprint density at radius 3 is 2.10 bits per heavy atom. The summed E-state index contributed by atoms with van der Waals surface area (Å²) in [4.78, 5) is 27.2. The van der Waals surface area contributed by atoms with Crippen molar-refractivity contribution in [2.45, 2.75) is 63.8 Å². The zero-order valence-electron chi connectivity index (χ0n) is 17.8. The molecule has 170 valence electrons. The Labute approximate surface area is 192 Å². The highest BCUT2D eigenvalue weighted by Crippen LogP contribution is 2.32. The second-order valence-corrected chi connectivity index (χ2v) is 8.61. The summed E-state index contributed by atoms with van der Waals surface area (Å²) in [5, 5.41) is 5.93. The molecule has 6 nitrogen and oxygen atoms in total. The number of nitrogens with one attached hydrogen (secondary N) is 2. The van der Waals surface area contributed by atoms with Gasteiger partial charge in [0, 0.05) is 16.9 Å². The van der Waals surface area contributed by atoms with Gasteiger partial charge in [0.05, 0.1) is 12.5 Å². The lowest BCUT2D eigenvalue weighted by molar-refractivity contribution is -0.122. The lowest BCUT2D eigenvalue weighted by Crippen LogP contribution is -2.51. The molecule has 1 aromatic rings. The number of halogens is 2. The normalized spacial score (nSPS) is 24.5. The molecule has 1 aliphatic heterocycles.